The van der Waals surface area contributed by atoms with Crippen LogP contribution >= 0.6 is 0 Å². The minimum atomic E-state index is 0.667. The van der Waals surface area contributed by atoms with E-state index in [2.05, 4.69) is 20.8 Å². The minimum Gasteiger partial charge on any atom is -0.377 e. The van der Waals surface area contributed by atoms with E-state index in [1.54, 1.807) is 5.57 Å². The molecular formula is C11H22O. The molecule has 1 rings (SSSR count). The summed E-state index contributed by atoms with van der Waals surface area (Å²) in [7, 11) is 0. The third-order valence-electron chi connectivity index (χ3n) is 2.12. The SMILES string of the molecule is CC.CC1=C(C(C)C)COCC1. The molecule has 0 radical (unpaired) electrons. The van der Waals surface area contributed by atoms with Gasteiger partial charge < -0.3 is 4.74 Å². The highest BCUT2D eigenvalue weighted by atomic mass is 16.5. The fraction of sp³-hybridized carbons (Fsp3) is 0.818. The van der Waals surface area contributed by atoms with Crippen LogP contribution in [-0.2, 0) is 4.74 Å². The summed E-state index contributed by atoms with van der Waals surface area (Å²) in [4.78, 5) is 0. The molecule has 0 saturated heterocycles. The number of rotatable bonds is 1. The summed E-state index contributed by atoms with van der Waals surface area (Å²) in [6, 6.07) is 0. The van der Waals surface area contributed by atoms with Crippen LogP contribution in [0.5, 0.6) is 0 Å². The number of hydrogen-bond acceptors (Lipinski definition) is 1. The first kappa shape index (κ1) is 11.7. The van der Waals surface area contributed by atoms with Crippen molar-refractivity contribution >= 4 is 0 Å². The molecule has 0 N–H and O–H groups in total. The van der Waals surface area contributed by atoms with Crippen molar-refractivity contribution < 1.29 is 4.74 Å². The highest BCUT2D eigenvalue weighted by molar-refractivity contribution is 5.16. The molecule has 1 nitrogen and oxygen atoms in total. The molecule has 1 heterocycles. The Balaban J connectivity index is 0.000000561. The summed E-state index contributed by atoms with van der Waals surface area (Å²) in [5.41, 5.74) is 3.05. The molecule has 72 valence electrons. The van der Waals surface area contributed by atoms with E-state index >= 15 is 0 Å². The van der Waals surface area contributed by atoms with Gasteiger partial charge in [0.05, 0.1) is 13.2 Å². The van der Waals surface area contributed by atoms with E-state index in [1.807, 2.05) is 13.8 Å². The predicted octanol–water partition coefficient (Wildman–Crippen LogP) is 3.41. The number of hydrogen-bond donors (Lipinski definition) is 0. The van der Waals surface area contributed by atoms with Gasteiger partial charge in [-0.25, -0.2) is 0 Å². The first-order valence-electron chi connectivity index (χ1n) is 4.98. The average Bonchev–Trinajstić information content (AvgIpc) is 2.08. The van der Waals surface area contributed by atoms with Crippen LogP contribution in [0.15, 0.2) is 11.1 Å². The Kier molecular flexibility index (Phi) is 6.09. The first-order valence-corrected chi connectivity index (χ1v) is 4.98. The molecule has 0 atom stereocenters. The Morgan fingerprint density at radius 2 is 1.83 bits per heavy atom. The summed E-state index contributed by atoms with van der Waals surface area (Å²) < 4.78 is 5.36. The molecule has 0 amide bonds. The second-order valence-corrected chi connectivity index (χ2v) is 3.26. The fourth-order valence-electron chi connectivity index (χ4n) is 1.35. The topological polar surface area (TPSA) is 9.23 Å². The third kappa shape index (κ3) is 3.40. The van der Waals surface area contributed by atoms with Crippen molar-refractivity contribution in [2.75, 3.05) is 13.2 Å². The van der Waals surface area contributed by atoms with Gasteiger partial charge in [0, 0.05) is 0 Å². The number of ether oxygens (including phenoxy) is 1. The summed E-state index contributed by atoms with van der Waals surface area (Å²) in [6.45, 7) is 12.5. The second kappa shape index (κ2) is 6.24. The Bertz CT molecular complexity index is 145. The molecular weight excluding hydrogens is 148 g/mol. The maximum Gasteiger partial charge on any atom is 0.0681 e. The maximum atomic E-state index is 5.36. The van der Waals surface area contributed by atoms with Gasteiger partial charge in [-0.15, -0.1) is 0 Å². The first-order chi connectivity index (χ1) is 5.72. The molecule has 1 aliphatic heterocycles. The zero-order valence-corrected chi connectivity index (χ0v) is 9.11. The normalized spacial score (nSPS) is 17.5. The molecule has 0 aromatic heterocycles. The third-order valence-corrected chi connectivity index (χ3v) is 2.12. The zero-order valence-electron chi connectivity index (χ0n) is 9.11. The molecule has 1 heteroatoms. The van der Waals surface area contributed by atoms with Gasteiger partial charge in [0.1, 0.15) is 0 Å². The van der Waals surface area contributed by atoms with Crippen LogP contribution < -0.4 is 0 Å². The standard InChI is InChI=1S/C9H16O.C2H6/c1-7(2)9-6-10-5-4-8(9)3;1-2/h7H,4-6H2,1-3H3;1-2H3. The van der Waals surface area contributed by atoms with E-state index < -0.39 is 0 Å². The van der Waals surface area contributed by atoms with Crippen LogP contribution in [0.3, 0.4) is 0 Å². The van der Waals surface area contributed by atoms with Crippen molar-refractivity contribution in [3.63, 3.8) is 0 Å². The molecule has 0 aliphatic carbocycles. The van der Waals surface area contributed by atoms with E-state index in [4.69, 9.17) is 4.74 Å². The van der Waals surface area contributed by atoms with Gasteiger partial charge in [-0.2, -0.15) is 0 Å². The molecule has 0 aromatic rings. The van der Waals surface area contributed by atoms with Gasteiger partial charge in [-0.1, -0.05) is 33.3 Å². The second-order valence-electron chi connectivity index (χ2n) is 3.26. The van der Waals surface area contributed by atoms with E-state index in [1.165, 1.54) is 5.57 Å². The van der Waals surface area contributed by atoms with E-state index in [-0.39, 0.29) is 0 Å². The van der Waals surface area contributed by atoms with Crippen molar-refractivity contribution in [3.8, 4) is 0 Å². The van der Waals surface area contributed by atoms with Crippen LogP contribution in [0.25, 0.3) is 0 Å². The van der Waals surface area contributed by atoms with Crippen molar-refractivity contribution in [1.82, 2.24) is 0 Å². The average molecular weight is 170 g/mol. The van der Waals surface area contributed by atoms with E-state index in [0.717, 1.165) is 19.6 Å². The van der Waals surface area contributed by atoms with Gasteiger partial charge in [-0.3, -0.25) is 0 Å². The molecule has 1 aliphatic rings. The van der Waals surface area contributed by atoms with Crippen molar-refractivity contribution in [2.24, 2.45) is 5.92 Å². The Labute approximate surface area is 76.8 Å². The van der Waals surface area contributed by atoms with Crippen LogP contribution in [-0.4, -0.2) is 13.2 Å². The Hall–Kier alpha value is -0.300. The molecule has 12 heavy (non-hydrogen) atoms. The highest BCUT2D eigenvalue weighted by Gasteiger charge is 2.11. The lowest BCUT2D eigenvalue weighted by Crippen LogP contribution is -2.13. The van der Waals surface area contributed by atoms with Gasteiger partial charge in [0.15, 0.2) is 0 Å². The van der Waals surface area contributed by atoms with Gasteiger partial charge >= 0.3 is 0 Å². The summed E-state index contributed by atoms with van der Waals surface area (Å²) in [5.74, 6) is 0.667. The van der Waals surface area contributed by atoms with Crippen LogP contribution in [0.1, 0.15) is 41.0 Å². The molecule has 0 saturated carbocycles. The lowest BCUT2D eigenvalue weighted by atomic mass is 9.96. The summed E-state index contributed by atoms with van der Waals surface area (Å²) in [5, 5.41) is 0. The Morgan fingerprint density at radius 1 is 1.25 bits per heavy atom. The highest BCUT2D eigenvalue weighted by Crippen LogP contribution is 2.21. The molecule has 0 unspecified atom stereocenters. The van der Waals surface area contributed by atoms with Crippen molar-refractivity contribution in [2.45, 2.75) is 41.0 Å². The lowest BCUT2D eigenvalue weighted by molar-refractivity contribution is 0.140. The smallest absolute Gasteiger partial charge is 0.0681 e. The maximum absolute atomic E-state index is 5.36. The van der Waals surface area contributed by atoms with Crippen LogP contribution in [0.2, 0.25) is 0 Å². The lowest BCUT2D eigenvalue weighted by Gasteiger charge is -2.20. The van der Waals surface area contributed by atoms with E-state index in [0.29, 0.717) is 5.92 Å². The van der Waals surface area contributed by atoms with Crippen molar-refractivity contribution in [3.05, 3.63) is 11.1 Å². The van der Waals surface area contributed by atoms with E-state index in [9.17, 15) is 0 Å². The molecule has 0 aromatic carbocycles. The van der Waals surface area contributed by atoms with Gasteiger partial charge in [0.25, 0.3) is 0 Å². The summed E-state index contributed by atoms with van der Waals surface area (Å²) in [6.07, 6.45) is 1.13. The monoisotopic (exact) mass is 170 g/mol. The molecule has 0 bridgehead atoms. The molecule has 0 fully saturated rings. The van der Waals surface area contributed by atoms with Crippen LogP contribution in [0, 0.1) is 5.92 Å². The van der Waals surface area contributed by atoms with Crippen molar-refractivity contribution in [1.29, 1.82) is 0 Å². The quantitative estimate of drug-likeness (QED) is 0.548. The minimum absolute atomic E-state index is 0.667. The summed E-state index contributed by atoms with van der Waals surface area (Å²) >= 11 is 0. The Morgan fingerprint density at radius 3 is 2.17 bits per heavy atom. The van der Waals surface area contributed by atoms with Gasteiger partial charge in [0.2, 0.25) is 0 Å². The van der Waals surface area contributed by atoms with Gasteiger partial charge in [-0.05, 0) is 24.8 Å². The molecule has 0 spiro atoms. The zero-order chi connectivity index (χ0) is 9.56. The largest absolute Gasteiger partial charge is 0.377 e. The van der Waals surface area contributed by atoms with Crippen LogP contribution in [0.4, 0.5) is 0 Å². The predicted molar refractivity (Wildman–Crippen MR) is 54.3 cm³/mol. The fourth-order valence-corrected chi connectivity index (χ4v) is 1.35.